The molecule has 0 atom stereocenters. The minimum absolute atomic E-state index is 0.0280. The first-order chi connectivity index (χ1) is 12.1. The van der Waals surface area contributed by atoms with Crippen molar-refractivity contribution in [2.75, 3.05) is 6.54 Å². The van der Waals surface area contributed by atoms with Gasteiger partial charge in [0.1, 0.15) is 0 Å². The van der Waals surface area contributed by atoms with Gasteiger partial charge < -0.3 is 4.90 Å². The Morgan fingerprint density at radius 2 is 1.92 bits per heavy atom. The van der Waals surface area contributed by atoms with Crippen molar-refractivity contribution in [3.63, 3.8) is 0 Å². The molecule has 0 N–H and O–H groups in total. The number of amides is 1. The van der Waals surface area contributed by atoms with Crippen LogP contribution in [0, 0.1) is 6.92 Å². The monoisotopic (exact) mass is 351 g/mol. The molecule has 2 aromatic carbocycles. The van der Waals surface area contributed by atoms with E-state index in [-0.39, 0.29) is 5.91 Å². The fourth-order valence-electron chi connectivity index (χ4n) is 3.33. The van der Waals surface area contributed by atoms with E-state index in [1.807, 2.05) is 42.2 Å². The molecule has 0 bridgehead atoms. The first-order valence-corrected chi connectivity index (χ1v) is 8.68. The van der Waals surface area contributed by atoms with Gasteiger partial charge >= 0.3 is 0 Å². The first kappa shape index (κ1) is 15.9. The van der Waals surface area contributed by atoms with Gasteiger partial charge in [0.15, 0.2) is 0 Å². The van der Waals surface area contributed by atoms with Crippen LogP contribution < -0.4 is 0 Å². The number of nitrogens with zero attached hydrogens (tertiary/aromatic N) is 3. The van der Waals surface area contributed by atoms with Crippen LogP contribution in [0.2, 0.25) is 5.02 Å². The molecule has 0 saturated carbocycles. The third-order valence-electron chi connectivity index (χ3n) is 4.71. The lowest BCUT2D eigenvalue weighted by molar-refractivity contribution is 0.0734. The van der Waals surface area contributed by atoms with Gasteiger partial charge in [0, 0.05) is 18.1 Å². The molecule has 0 aliphatic carbocycles. The zero-order chi connectivity index (χ0) is 17.4. The predicted molar refractivity (Wildman–Crippen MR) is 98.2 cm³/mol. The highest BCUT2D eigenvalue weighted by Crippen LogP contribution is 2.23. The Labute approximate surface area is 151 Å². The second-order valence-electron chi connectivity index (χ2n) is 6.28. The van der Waals surface area contributed by atoms with Crippen LogP contribution in [0.25, 0.3) is 5.69 Å². The number of rotatable bonds is 2. The van der Waals surface area contributed by atoms with Crippen molar-refractivity contribution in [2.24, 2.45) is 0 Å². The van der Waals surface area contributed by atoms with Gasteiger partial charge in [-0.15, -0.1) is 0 Å². The van der Waals surface area contributed by atoms with Crippen LogP contribution in [0.5, 0.6) is 0 Å². The maximum atomic E-state index is 13.0. The fourth-order valence-corrected chi connectivity index (χ4v) is 3.51. The normalized spacial score (nSPS) is 13.6. The molecule has 3 aromatic rings. The summed E-state index contributed by atoms with van der Waals surface area (Å²) >= 11 is 6.07. The number of halogens is 1. The molecule has 4 rings (SSSR count). The highest BCUT2D eigenvalue weighted by molar-refractivity contribution is 6.30. The second kappa shape index (κ2) is 6.37. The van der Waals surface area contributed by atoms with Gasteiger partial charge in [-0.1, -0.05) is 41.9 Å². The van der Waals surface area contributed by atoms with Crippen LogP contribution in [0.1, 0.15) is 27.2 Å². The van der Waals surface area contributed by atoms with Crippen molar-refractivity contribution in [3.8, 4) is 5.69 Å². The molecule has 0 saturated heterocycles. The summed E-state index contributed by atoms with van der Waals surface area (Å²) in [6.07, 6.45) is 2.54. The lowest BCUT2D eigenvalue weighted by Crippen LogP contribution is -2.36. The average Bonchev–Trinajstić information content (AvgIpc) is 3.02. The van der Waals surface area contributed by atoms with Crippen molar-refractivity contribution < 1.29 is 4.79 Å². The fraction of sp³-hybridized carbons (Fsp3) is 0.200. The third kappa shape index (κ3) is 2.94. The Morgan fingerprint density at radius 3 is 2.72 bits per heavy atom. The number of benzene rings is 2. The van der Waals surface area contributed by atoms with E-state index in [0.29, 0.717) is 17.1 Å². The molecule has 1 aromatic heterocycles. The molecule has 0 fully saturated rings. The van der Waals surface area contributed by atoms with E-state index < -0.39 is 0 Å². The summed E-state index contributed by atoms with van der Waals surface area (Å²) in [5.41, 5.74) is 4.87. The van der Waals surface area contributed by atoms with Crippen molar-refractivity contribution in [1.29, 1.82) is 0 Å². The minimum atomic E-state index is 0.0280. The summed E-state index contributed by atoms with van der Waals surface area (Å²) in [4.78, 5) is 14.9. The largest absolute Gasteiger partial charge is 0.334 e. The molecule has 1 aliphatic rings. The van der Waals surface area contributed by atoms with E-state index in [1.54, 1.807) is 10.9 Å². The van der Waals surface area contributed by atoms with Gasteiger partial charge in [0.2, 0.25) is 0 Å². The Bertz CT molecular complexity index is 948. The lowest BCUT2D eigenvalue weighted by Gasteiger charge is -2.28. The lowest BCUT2D eigenvalue weighted by atomic mass is 9.99. The second-order valence-corrected chi connectivity index (χ2v) is 6.72. The molecule has 1 amide bonds. The molecule has 0 spiro atoms. The molecule has 25 heavy (non-hydrogen) atoms. The summed E-state index contributed by atoms with van der Waals surface area (Å²) < 4.78 is 1.76. The van der Waals surface area contributed by atoms with Crippen LogP contribution in [0.4, 0.5) is 0 Å². The van der Waals surface area contributed by atoms with E-state index in [0.717, 1.165) is 24.3 Å². The van der Waals surface area contributed by atoms with Crippen LogP contribution in [0.3, 0.4) is 0 Å². The molecule has 126 valence electrons. The van der Waals surface area contributed by atoms with E-state index in [9.17, 15) is 4.79 Å². The Balaban J connectivity index is 1.62. The van der Waals surface area contributed by atoms with Gasteiger partial charge in [0.05, 0.1) is 23.1 Å². The summed E-state index contributed by atoms with van der Waals surface area (Å²) in [7, 11) is 0. The number of fused-ring (bicyclic) bond motifs is 1. The first-order valence-electron chi connectivity index (χ1n) is 8.30. The summed E-state index contributed by atoms with van der Waals surface area (Å²) in [5, 5.41) is 5.04. The van der Waals surface area contributed by atoms with Gasteiger partial charge in [-0.2, -0.15) is 5.10 Å². The Morgan fingerprint density at radius 1 is 1.12 bits per heavy atom. The van der Waals surface area contributed by atoms with E-state index in [4.69, 9.17) is 11.6 Å². The van der Waals surface area contributed by atoms with Gasteiger partial charge in [-0.25, -0.2) is 4.68 Å². The summed E-state index contributed by atoms with van der Waals surface area (Å²) in [6.45, 7) is 3.30. The van der Waals surface area contributed by atoms with Crippen molar-refractivity contribution in [1.82, 2.24) is 14.7 Å². The SMILES string of the molecule is Cc1c(C(=O)N2CCc3ccccc3C2)cnn1-c1cccc(Cl)c1. The highest BCUT2D eigenvalue weighted by Gasteiger charge is 2.24. The van der Waals surface area contributed by atoms with Crippen LogP contribution in [-0.4, -0.2) is 27.1 Å². The predicted octanol–water partition coefficient (Wildman–Crippen LogP) is 4.03. The number of hydrogen-bond acceptors (Lipinski definition) is 2. The zero-order valence-corrected chi connectivity index (χ0v) is 14.7. The van der Waals surface area contributed by atoms with Crippen molar-refractivity contribution in [3.05, 3.63) is 82.1 Å². The number of aromatic nitrogens is 2. The van der Waals surface area contributed by atoms with Gasteiger partial charge in [-0.3, -0.25) is 4.79 Å². The zero-order valence-electron chi connectivity index (χ0n) is 13.9. The smallest absolute Gasteiger partial charge is 0.257 e. The number of carbonyl (C=O) groups excluding carboxylic acids is 1. The summed E-state index contributed by atoms with van der Waals surface area (Å²) in [5.74, 6) is 0.0280. The summed E-state index contributed by atoms with van der Waals surface area (Å²) in [6, 6.07) is 15.8. The van der Waals surface area contributed by atoms with Crippen molar-refractivity contribution in [2.45, 2.75) is 19.9 Å². The van der Waals surface area contributed by atoms with Crippen LogP contribution in [0.15, 0.2) is 54.7 Å². The van der Waals surface area contributed by atoms with Gasteiger partial charge in [0.25, 0.3) is 5.91 Å². The number of hydrogen-bond donors (Lipinski definition) is 0. The molecule has 4 nitrogen and oxygen atoms in total. The maximum absolute atomic E-state index is 13.0. The van der Waals surface area contributed by atoms with E-state index in [2.05, 4.69) is 23.3 Å². The van der Waals surface area contributed by atoms with E-state index in [1.165, 1.54) is 11.1 Å². The van der Waals surface area contributed by atoms with Gasteiger partial charge in [-0.05, 0) is 42.7 Å². The quantitative estimate of drug-likeness (QED) is 0.699. The van der Waals surface area contributed by atoms with Crippen LogP contribution >= 0.6 is 11.6 Å². The third-order valence-corrected chi connectivity index (χ3v) is 4.95. The topological polar surface area (TPSA) is 38.1 Å². The molecule has 2 heterocycles. The average molecular weight is 352 g/mol. The van der Waals surface area contributed by atoms with E-state index >= 15 is 0 Å². The standard InChI is InChI=1S/C20H18ClN3O/c1-14-19(12-22-24(14)18-8-4-7-17(21)11-18)20(25)23-10-9-15-5-2-3-6-16(15)13-23/h2-8,11-12H,9-10,13H2,1H3. The maximum Gasteiger partial charge on any atom is 0.257 e. The highest BCUT2D eigenvalue weighted by atomic mass is 35.5. The number of carbonyl (C=O) groups is 1. The molecular formula is C20H18ClN3O. The van der Waals surface area contributed by atoms with Crippen molar-refractivity contribution >= 4 is 17.5 Å². The molecule has 0 unspecified atom stereocenters. The Kier molecular flexibility index (Phi) is 4.06. The molecule has 0 radical (unpaired) electrons. The Hall–Kier alpha value is -2.59. The van der Waals surface area contributed by atoms with Crippen LogP contribution in [-0.2, 0) is 13.0 Å². The molecule has 1 aliphatic heterocycles. The minimum Gasteiger partial charge on any atom is -0.334 e. The molecule has 5 heteroatoms. The molecular weight excluding hydrogens is 334 g/mol.